The van der Waals surface area contributed by atoms with Crippen LogP contribution in [0.3, 0.4) is 0 Å². The minimum absolute atomic E-state index is 0.00367. The van der Waals surface area contributed by atoms with Crippen LogP contribution in [-0.4, -0.2) is 55.2 Å². The molecule has 0 fully saturated rings. The summed E-state index contributed by atoms with van der Waals surface area (Å²) < 4.78 is 0. The lowest BCUT2D eigenvalue weighted by Gasteiger charge is -2.29. The number of carbonyl (C=O) groups is 1. The van der Waals surface area contributed by atoms with Gasteiger partial charge in [0.1, 0.15) is 0 Å². The number of amides is 1. The molecule has 0 radical (unpaired) electrons. The Kier molecular flexibility index (Phi) is 4.85. The van der Waals surface area contributed by atoms with Crippen LogP contribution < -0.4 is 10.6 Å². The highest BCUT2D eigenvalue weighted by Crippen LogP contribution is 2.24. The molecular weight excluding hydrogens is 266 g/mol. The summed E-state index contributed by atoms with van der Waals surface area (Å²) in [4.78, 5) is 14.2. The number of anilines is 1. The fourth-order valence-electron chi connectivity index (χ4n) is 2.79. The maximum absolute atomic E-state index is 12.3. The standard InChI is InChI=1S/C16H25N3O2/c1-16(21,11-19(2)3)10-18-15(20)13-8-12-6-4-5-7-14(12)17-9-13/h4-7,13,17,21H,8-11H2,1-3H3,(H,18,20). The molecule has 5 nitrogen and oxygen atoms in total. The van der Waals surface area contributed by atoms with Crippen molar-refractivity contribution in [1.82, 2.24) is 10.2 Å². The van der Waals surface area contributed by atoms with Crippen LogP contribution in [0, 0.1) is 5.92 Å². The van der Waals surface area contributed by atoms with Gasteiger partial charge in [-0.15, -0.1) is 0 Å². The van der Waals surface area contributed by atoms with E-state index < -0.39 is 5.60 Å². The Morgan fingerprint density at radius 2 is 2.19 bits per heavy atom. The predicted octanol–water partition coefficient (Wildman–Crippen LogP) is 0.700. The van der Waals surface area contributed by atoms with E-state index in [9.17, 15) is 9.90 Å². The normalized spacial score (nSPS) is 20.3. The van der Waals surface area contributed by atoms with Crippen LogP contribution >= 0.6 is 0 Å². The Morgan fingerprint density at radius 1 is 1.48 bits per heavy atom. The van der Waals surface area contributed by atoms with Crippen molar-refractivity contribution < 1.29 is 9.90 Å². The van der Waals surface area contributed by atoms with E-state index in [1.807, 2.05) is 43.3 Å². The fourth-order valence-corrected chi connectivity index (χ4v) is 2.79. The van der Waals surface area contributed by atoms with Crippen LogP contribution in [0.1, 0.15) is 12.5 Å². The molecule has 2 atom stereocenters. The first kappa shape index (κ1) is 15.8. The summed E-state index contributed by atoms with van der Waals surface area (Å²) in [6.07, 6.45) is 0.741. The smallest absolute Gasteiger partial charge is 0.225 e. The van der Waals surface area contributed by atoms with Crippen molar-refractivity contribution in [1.29, 1.82) is 0 Å². The van der Waals surface area contributed by atoms with Crippen molar-refractivity contribution in [3.63, 3.8) is 0 Å². The summed E-state index contributed by atoms with van der Waals surface area (Å²) in [6.45, 7) is 3.15. The monoisotopic (exact) mass is 291 g/mol. The number of nitrogens with one attached hydrogen (secondary N) is 2. The van der Waals surface area contributed by atoms with Gasteiger partial charge < -0.3 is 20.6 Å². The van der Waals surface area contributed by atoms with E-state index in [4.69, 9.17) is 0 Å². The molecule has 116 valence electrons. The molecule has 0 bridgehead atoms. The largest absolute Gasteiger partial charge is 0.387 e. The van der Waals surface area contributed by atoms with Gasteiger partial charge in [-0.2, -0.15) is 0 Å². The number of nitrogens with zero attached hydrogens (tertiary/aromatic N) is 1. The Hall–Kier alpha value is -1.59. The molecule has 1 aromatic carbocycles. The van der Waals surface area contributed by atoms with E-state index in [-0.39, 0.29) is 18.4 Å². The maximum atomic E-state index is 12.3. The lowest BCUT2D eigenvalue weighted by Crippen LogP contribution is -2.49. The van der Waals surface area contributed by atoms with Crippen LogP contribution in [0.25, 0.3) is 0 Å². The van der Waals surface area contributed by atoms with Gasteiger partial charge in [0.2, 0.25) is 5.91 Å². The zero-order chi connectivity index (χ0) is 15.5. The molecule has 0 aromatic heterocycles. The predicted molar refractivity (Wildman–Crippen MR) is 84.3 cm³/mol. The molecule has 0 spiro atoms. The second-order valence-electron chi connectivity index (χ2n) is 6.39. The summed E-state index contributed by atoms with van der Waals surface area (Å²) in [6, 6.07) is 8.06. The highest BCUT2D eigenvalue weighted by Gasteiger charge is 2.27. The first-order chi connectivity index (χ1) is 9.87. The minimum Gasteiger partial charge on any atom is -0.387 e. The number of likely N-dealkylation sites (N-methyl/N-ethyl adjacent to an activating group) is 1. The fraction of sp³-hybridized carbons (Fsp3) is 0.562. The Bertz CT molecular complexity index is 500. The van der Waals surface area contributed by atoms with Crippen molar-refractivity contribution in [2.45, 2.75) is 18.9 Å². The van der Waals surface area contributed by atoms with E-state index >= 15 is 0 Å². The van der Waals surface area contributed by atoms with Crippen molar-refractivity contribution in [2.24, 2.45) is 5.92 Å². The average molecular weight is 291 g/mol. The van der Waals surface area contributed by atoms with Crippen molar-refractivity contribution in [3.05, 3.63) is 29.8 Å². The lowest BCUT2D eigenvalue weighted by molar-refractivity contribution is -0.125. The highest BCUT2D eigenvalue weighted by atomic mass is 16.3. The van der Waals surface area contributed by atoms with Gasteiger partial charge in [0, 0.05) is 25.3 Å². The van der Waals surface area contributed by atoms with Crippen LogP contribution in [0.15, 0.2) is 24.3 Å². The molecule has 0 aliphatic carbocycles. The van der Waals surface area contributed by atoms with E-state index in [2.05, 4.69) is 10.6 Å². The molecule has 0 saturated heterocycles. The third-order valence-corrected chi connectivity index (χ3v) is 3.69. The number of fused-ring (bicyclic) bond motifs is 1. The minimum atomic E-state index is -0.917. The summed E-state index contributed by atoms with van der Waals surface area (Å²) >= 11 is 0. The van der Waals surface area contributed by atoms with Crippen LogP contribution in [0.4, 0.5) is 5.69 Å². The number of hydrogen-bond donors (Lipinski definition) is 3. The summed E-state index contributed by atoms with van der Waals surface area (Å²) in [5, 5.41) is 16.4. The molecule has 5 heteroatoms. The van der Waals surface area contributed by atoms with E-state index in [0.29, 0.717) is 13.1 Å². The van der Waals surface area contributed by atoms with Gasteiger partial charge in [-0.25, -0.2) is 0 Å². The van der Waals surface area contributed by atoms with Gasteiger partial charge in [-0.05, 0) is 39.1 Å². The zero-order valence-electron chi connectivity index (χ0n) is 13.0. The first-order valence-corrected chi connectivity index (χ1v) is 7.34. The second kappa shape index (κ2) is 6.45. The van der Waals surface area contributed by atoms with Crippen LogP contribution in [-0.2, 0) is 11.2 Å². The Balaban J connectivity index is 1.88. The van der Waals surface area contributed by atoms with Crippen molar-refractivity contribution >= 4 is 11.6 Å². The number of benzene rings is 1. The summed E-state index contributed by atoms with van der Waals surface area (Å²) in [5.74, 6) is -0.0916. The molecule has 1 amide bonds. The maximum Gasteiger partial charge on any atom is 0.225 e. The van der Waals surface area contributed by atoms with Crippen molar-refractivity contribution in [2.75, 3.05) is 39.0 Å². The third kappa shape index (κ3) is 4.44. The molecule has 1 heterocycles. The van der Waals surface area contributed by atoms with Gasteiger partial charge >= 0.3 is 0 Å². The van der Waals surface area contributed by atoms with E-state index in [1.165, 1.54) is 5.56 Å². The number of carbonyl (C=O) groups excluding carboxylic acids is 1. The van der Waals surface area contributed by atoms with Crippen LogP contribution in [0.5, 0.6) is 0 Å². The molecule has 2 unspecified atom stereocenters. The number of rotatable bonds is 5. The van der Waals surface area contributed by atoms with Gasteiger partial charge in [-0.3, -0.25) is 4.79 Å². The molecule has 2 rings (SSSR count). The average Bonchev–Trinajstić information content (AvgIpc) is 2.43. The summed E-state index contributed by atoms with van der Waals surface area (Å²) in [5.41, 5.74) is 1.37. The molecule has 0 saturated carbocycles. The molecule has 21 heavy (non-hydrogen) atoms. The van der Waals surface area contributed by atoms with Gasteiger partial charge in [0.25, 0.3) is 0 Å². The number of hydrogen-bond acceptors (Lipinski definition) is 4. The molecule has 1 aromatic rings. The second-order valence-corrected chi connectivity index (χ2v) is 6.39. The zero-order valence-corrected chi connectivity index (χ0v) is 13.0. The molecular formula is C16H25N3O2. The van der Waals surface area contributed by atoms with Gasteiger partial charge in [-0.1, -0.05) is 18.2 Å². The summed E-state index contributed by atoms with van der Waals surface area (Å²) in [7, 11) is 3.80. The molecule has 1 aliphatic rings. The molecule has 3 N–H and O–H groups in total. The highest BCUT2D eigenvalue weighted by molar-refractivity contribution is 5.80. The third-order valence-electron chi connectivity index (χ3n) is 3.69. The van der Waals surface area contributed by atoms with Gasteiger partial charge in [0.05, 0.1) is 11.5 Å². The van der Waals surface area contributed by atoms with E-state index in [0.717, 1.165) is 12.1 Å². The van der Waals surface area contributed by atoms with Gasteiger partial charge in [0.15, 0.2) is 0 Å². The topological polar surface area (TPSA) is 64.6 Å². The number of aliphatic hydroxyl groups is 1. The van der Waals surface area contributed by atoms with Crippen LogP contribution in [0.2, 0.25) is 0 Å². The first-order valence-electron chi connectivity index (χ1n) is 7.34. The Labute approximate surface area is 126 Å². The SMILES string of the molecule is CN(C)CC(C)(O)CNC(=O)C1CNc2ccccc2C1. The number of para-hydroxylation sites is 1. The quantitative estimate of drug-likeness (QED) is 0.747. The van der Waals surface area contributed by atoms with Crippen molar-refractivity contribution in [3.8, 4) is 0 Å². The lowest BCUT2D eigenvalue weighted by atomic mass is 9.93. The molecule has 1 aliphatic heterocycles. The van der Waals surface area contributed by atoms with E-state index in [1.54, 1.807) is 6.92 Å². The Morgan fingerprint density at radius 3 is 2.90 bits per heavy atom.